The molecule has 10 heteroatoms. The van der Waals surface area contributed by atoms with E-state index < -0.39 is 11.9 Å². The van der Waals surface area contributed by atoms with E-state index >= 15 is 0 Å². The molecule has 0 aliphatic carbocycles. The maximum absolute atomic E-state index is 13.0. The molecule has 0 saturated carbocycles. The van der Waals surface area contributed by atoms with Gasteiger partial charge in [-0.05, 0) is 24.8 Å². The van der Waals surface area contributed by atoms with Crippen molar-refractivity contribution in [3.8, 4) is 0 Å². The number of imidazole rings is 1. The number of aromatic nitrogens is 3. The van der Waals surface area contributed by atoms with Crippen LogP contribution in [0.4, 0.5) is 13.2 Å². The number of alkyl halides is 3. The predicted octanol–water partition coefficient (Wildman–Crippen LogP) is 1.64. The van der Waals surface area contributed by atoms with Crippen LogP contribution >= 0.6 is 0 Å². The third-order valence-corrected chi connectivity index (χ3v) is 4.99. The minimum atomic E-state index is -4.53. The van der Waals surface area contributed by atoms with Crippen LogP contribution in [-0.4, -0.2) is 56.1 Å². The highest BCUT2D eigenvalue weighted by Crippen LogP contribution is 2.27. The second-order valence-electron chi connectivity index (χ2n) is 6.71. The third kappa shape index (κ3) is 3.54. The van der Waals surface area contributed by atoms with E-state index in [4.69, 9.17) is 0 Å². The first-order chi connectivity index (χ1) is 13.0. The van der Waals surface area contributed by atoms with E-state index in [9.17, 15) is 18.3 Å². The molecule has 1 fully saturated rings. The molecule has 2 N–H and O–H groups in total. The van der Waals surface area contributed by atoms with Gasteiger partial charge in [-0.25, -0.2) is 15.0 Å². The molecule has 1 saturated heterocycles. The van der Waals surface area contributed by atoms with E-state index in [2.05, 4.69) is 25.2 Å². The van der Waals surface area contributed by atoms with E-state index in [-0.39, 0.29) is 12.8 Å². The molecule has 1 unspecified atom stereocenters. The van der Waals surface area contributed by atoms with Crippen LogP contribution in [-0.2, 0) is 6.18 Å². The molecule has 0 amide bonds. The molecule has 4 rings (SSSR count). The van der Waals surface area contributed by atoms with Gasteiger partial charge in [-0.2, -0.15) is 13.2 Å². The Hall–Kier alpha value is -2.46. The summed E-state index contributed by atoms with van der Waals surface area (Å²) in [5, 5.41) is 12.5. The molecule has 7 nitrogen and oxygen atoms in total. The van der Waals surface area contributed by atoms with Crippen molar-refractivity contribution < 1.29 is 18.3 Å². The van der Waals surface area contributed by atoms with Gasteiger partial charge in [0.25, 0.3) is 0 Å². The molecule has 27 heavy (non-hydrogen) atoms. The molecule has 0 aromatic carbocycles. The summed E-state index contributed by atoms with van der Waals surface area (Å²) in [4.78, 5) is 14.1. The summed E-state index contributed by atoms with van der Waals surface area (Å²) in [6.07, 6.45) is 4.26. The smallest absolute Gasteiger partial charge is 0.396 e. The van der Waals surface area contributed by atoms with E-state index in [1.54, 1.807) is 6.20 Å². The van der Waals surface area contributed by atoms with Gasteiger partial charge in [-0.15, -0.1) is 0 Å². The maximum atomic E-state index is 13.0. The Bertz CT molecular complexity index is 882. The van der Waals surface area contributed by atoms with Gasteiger partial charge in [0.15, 0.2) is 17.2 Å². The number of likely N-dealkylation sites (tertiary alicyclic amines) is 1. The highest BCUT2D eigenvalue weighted by Gasteiger charge is 2.33. The Morgan fingerprint density at radius 1 is 1.19 bits per heavy atom. The summed E-state index contributed by atoms with van der Waals surface area (Å²) >= 11 is 0. The number of aliphatic hydroxyl groups excluding tert-OH is 1. The molecule has 2 aromatic heterocycles. The molecule has 2 aliphatic rings. The highest BCUT2D eigenvalue weighted by molar-refractivity contribution is 5.99. The molecule has 1 atom stereocenters. The Morgan fingerprint density at radius 3 is 2.67 bits per heavy atom. The number of nitrogens with one attached hydrogen (secondary N) is 1. The number of piperidine rings is 1. The number of hydrogen-bond donors (Lipinski definition) is 2. The van der Waals surface area contributed by atoms with Gasteiger partial charge < -0.3 is 10.4 Å². The minimum absolute atomic E-state index is 0.105. The summed E-state index contributed by atoms with van der Waals surface area (Å²) in [7, 11) is 0. The first-order valence-electron chi connectivity index (χ1n) is 8.72. The number of aliphatic hydroxyl groups is 1. The number of hydrogen-bond acceptors (Lipinski definition) is 6. The van der Waals surface area contributed by atoms with Gasteiger partial charge in [-0.3, -0.25) is 9.30 Å². The van der Waals surface area contributed by atoms with Crippen LogP contribution in [0.15, 0.2) is 35.9 Å². The Morgan fingerprint density at radius 2 is 1.96 bits per heavy atom. The second-order valence-corrected chi connectivity index (χ2v) is 6.71. The number of amidine groups is 1. The first-order valence-corrected chi connectivity index (χ1v) is 8.72. The quantitative estimate of drug-likeness (QED) is 0.847. The van der Waals surface area contributed by atoms with E-state index in [0.717, 1.165) is 38.3 Å². The lowest BCUT2D eigenvalue weighted by Gasteiger charge is -2.37. The largest absolute Gasteiger partial charge is 0.434 e. The van der Waals surface area contributed by atoms with Crippen molar-refractivity contribution in [1.29, 1.82) is 0 Å². The van der Waals surface area contributed by atoms with E-state index in [0.29, 0.717) is 23.1 Å². The fraction of sp³-hybridized carbons (Fsp3) is 0.471. The predicted molar refractivity (Wildman–Crippen MR) is 92.0 cm³/mol. The van der Waals surface area contributed by atoms with E-state index in [1.807, 2.05) is 6.08 Å². The molecule has 2 aliphatic heterocycles. The van der Waals surface area contributed by atoms with Crippen molar-refractivity contribution >= 4 is 11.5 Å². The van der Waals surface area contributed by atoms with Crippen molar-refractivity contribution in [1.82, 2.24) is 24.6 Å². The van der Waals surface area contributed by atoms with Gasteiger partial charge >= 0.3 is 6.18 Å². The normalized spacial score (nSPS) is 22.1. The summed E-state index contributed by atoms with van der Waals surface area (Å²) in [6, 6.07) is 0. The van der Waals surface area contributed by atoms with Crippen LogP contribution < -0.4 is 5.32 Å². The van der Waals surface area contributed by atoms with Crippen molar-refractivity contribution in [3.63, 3.8) is 0 Å². The molecule has 0 radical (unpaired) electrons. The van der Waals surface area contributed by atoms with Gasteiger partial charge in [0.05, 0.1) is 12.4 Å². The minimum Gasteiger partial charge on any atom is -0.396 e. The lowest BCUT2D eigenvalue weighted by Crippen LogP contribution is -2.51. The molecule has 4 heterocycles. The SMILES string of the molecule is OCC1CCN(C2C=CN=C(c3cnc4cnc(C(F)(F)F)cn34)N2)CC1. The van der Waals surface area contributed by atoms with Crippen LogP contribution in [0.5, 0.6) is 0 Å². The van der Waals surface area contributed by atoms with Crippen molar-refractivity contribution in [3.05, 3.63) is 42.3 Å². The maximum Gasteiger partial charge on any atom is 0.434 e. The topological polar surface area (TPSA) is 78.0 Å². The van der Waals surface area contributed by atoms with Crippen LogP contribution in [0.2, 0.25) is 0 Å². The molecule has 144 valence electrons. The van der Waals surface area contributed by atoms with Crippen molar-refractivity contribution in [2.45, 2.75) is 25.2 Å². The van der Waals surface area contributed by atoms with E-state index in [1.165, 1.54) is 10.6 Å². The van der Waals surface area contributed by atoms with Crippen molar-refractivity contribution in [2.75, 3.05) is 19.7 Å². The summed E-state index contributed by atoms with van der Waals surface area (Å²) in [5.74, 6) is 0.785. The summed E-state index contributed by atoms with van der Waals surface area (Å²) < 4.78 is 40.3. The molecule has 0 spiro atoms. The zero-order valence-electron chi connectivity index (χ0n) is 14.4. The van der Waals surface area contributed by atoms with Crippen LogP contribution in [0.3, 0.4) is 0 Å². The zero-order valence-corrected chi connectivity index (χ0v) is 14.4. The Balaban J connectivity index is 1.57. The van der Waals surface area contributed by atoms with Gasteiger partial charge in [0.2, 0.25) is 0 Å². The zero-order chi connectivity index (χ0) is 19.0. The number of aliphatic imine (C=N–C) groups is 1. The first kappa shape index (κ1) is 17.9. The molecule has 0 bridgehead atoms. The standard InChI is InChI=1S/C17H19F3N6O/c18-17(19,20)13-9-26-12(7-23-15(26)8-22-13)16-21-4-1-14(24-16)25-5-2-11(10-27)3-6-25/h1,4,7-9,11,14,27H,2-3,5-6,10H2,(H,21,24). The average Bonchev–Trinajstić information content (AvgIpc) is 3.11. The molecular formula is C17H19F3N6O. The lowest BCUT2D eigenvalue weighted by molar-refractivity contribution is -0.141. The summed E-state index contributed by atoms with van der Waals surface area (Å²) in [5.41, 5.74) is -0.223. The molecular weight excluding hydrogens is 361 g/mol. The Kier molecular flexibility index (Phi) is 4.60. The lowest BCUT2D eigenvalue weighted by atomic mass is 9.97. The number of fused-ring (bicyclic) bond motifs is 1. The monoisotopic (exact) mass is 380 g/mol. The fourth-order valence-corrected chi connectivity index (χ4v) is 3.40. The van der Waals surface area contributed by atoms with Crippen LogP contribution in [0, 0.1) is 5.92 Å². The number of nitrogens with zero attached hydrogens (tertiary/aromatic N) is 5. The van der Waals surface area contributed by atoms with Gasteiger partial charge in [0, 0.05) is 32.1 Å². The van der Waals surface area contributed by atoms with Gasteiger partial charge in [0.1, 0.15) is 11.9 Å². The molecule has 2 aromatic rings. The van der Waals surface area contributed by atoms with Gasteiger partial charge in [-0.1, -0.05) is 0 Å². The summed E-state index contributed by atoms with van der Waals surface area (Å²) in [6.45, 7) is 1.86. The third-order valence-electron chi connectivity index (χ3n) is 4.99. The number of rotatable bonds is 3. The van der Waals surface area contributed by atoms with Crippen LogP contribution in [0.1, 0.15) is 24.2 Å². The Labute approximate surface area is 153 Å². The number of halogens is 3. The van der Waals surface area contributed by atoms with Crippen LogP contribution in [0.25, 0.3) is 5.65 Å². The highest BCUT2D eigenvalue weighted by atomic mass is 19.4. The fourth-order valence-electron chi connectivity index (χ4n) is 3.40. The average molecular weight is 380 g/mol. The second kappa shape index (κ2) is 6.93. The van der Waals surface area contributed by atoms with Crippen molar-refractivity contribution in [2.24, 2.45) is 10.9 Å².